The van der Waals surface area contributed by atoms with Gasteiger partial charge in [0.1, 0.15) is 11.5 Å². The number of rotatable bonds is 1. The summed E-state index contributed by atoms with van der Waals surface area (Å²) in [5, 5.41) is 7.00. The first-order valence-electron chi connectivity index (χ1n) is 7.87. The van der Waals surface area contributed by atoms with Gasteiger partial charge in [0, 0.05) is 42.6 Å². The van der Waals surface area contributed by atoms with Gasteiger partial charge < -0.3 is 14.7 Å². The van der Waals surface area contributed by atoms with E-state index in [9.17, 15) is 0 Å². The van der Waals surface area contributed by atoms with Crippen LogP contribution in [-0.4, -0.2) is 25.3 Å². The molecule has 0 bridgehead atoms. The third kappa shape index (κ3) is 2.26. The Kier molecular flexibility index (Phi) is 4.08. The number of benzene rings is 1. The quantitative estimate of drug-likeness (QED) is 0.861. The summed E-state index contributed by atoms with van der Waals surface area (Å²) >= 11 is 0. The molecule has 0 unspecified atom stereocenters. The van der Waals surface area contributed by atoms with Crippen molar-refractivity contribution >= 4 is 11.8 Å². The summed E-state index contributed by atoms with van der Waals surface area (Å²) in [5.74, 6) is 1.75. The van der Waals surface area contributed by atoms with Crippen LogP contribution in [0.1, 0.15) is 29.5 Å². The van der Waals surface area contributed by atoms with Crippen molar-refractivity contribution in [2.75, 3.05) is 25.1 Å². The number of fused-ring (bicyclic) bond motifs is 2. The van der Waals surface area contributed by atoms with Crippen molar-refractivity contribution in [2.45, 2.75) is 25.7 Å². The molecule has 0 saturated heterocycles. The largest absolute Gasteiger partial charge is 0.456 e. The van der Waals surface area contributed by atoms with Crippen LogP contribution in [0.5, 0.6) is 5.75 Å². The molecule has 0 amide bonds. The molecular weight excluding hydrogens is 274 g/mol. The lowest BCUT2D eigenvalue weighted by Crippen LogP contribution is -2.35. The second kappa shape index (κ2) is 6.01. The highest BCUT2D eigenvalue weighted by Crippen LogP contribution is 2.45. The number of nitrogens with zero attached hydrogens (tertiary/aromatic N) is 1. The SMILES string of the molecule is C=CC1=Cc2cc3c4c(c2OC1=C)CCCN4CCC3.CO. The van der Waals surface area contributed by atoms with E-state index in [1.807, 2.05) is 6.08 Å². The van der Waals surface area contributed by atoms with Gasteiger partial charge in [-0.3, -0.25) is 0 Å². The summed E-state index contributed by atoms with van der Waals surface area (Å²) < 4.78 is 6.04. The number of aliphatic hydroxyl groups excluding tert-OH is 1. The fourth-order valence-electron chi connectivity index (χ4n) is 3.69. The van der Waals surface area contributed by atoms with E-state index in [0.717, 1.165) is 30.6 Å². The minimum atomic E-state index is 0.719. The molecule has 22 heavy (non-hydrogen) atoms. The summed E-state index contributed by atoms with van der Waals surface area (Å²) in [6.07, 6.45) is 8.77. The number of aryl methyl sites for hydroxylation is 1. The lowest BCUT2D eigenvalue weighted by molar-refractivity contribution is 0.399. The van der Waals surface area contributed by atoms with E-state index in [4.69, 9.17) is 9.84 Å². The lowest BCUT2D eigenvalue weighted by atomic mass is 9.88. The molecule has 0 fully saturated rings. The first kappa shape index (κ1) is 14.9. The predicted octanol–water partition coefficient (Wildman–Crippen LogP) is 3.47. The third-order valence-corrected chi connectivity index (χ3v) is 4.58. The second-order valence-corrected chi connectivity index (χ2v) is 5.80. The highest BCUT2D eigenvalue weighted by Gasteiger charge is 2.29. The average molecular weight is 297 g/mol. The van der Waals surface area contributed by atoms with Gasteiger partial charge in [-0.25, -0.2) is 0 Å². The fourth-order valence-corrected chi connectivity index (χ4v) is 3.69. The van der Waals surface area contributed by atoms with Gasteiger partial charge in [0.15, 0.2) is 0 Å². The smallest absolute Gasteiger partial charge is 0.139 e. The second-order valence-electron chi connectivity index (χ2n) is 5.80. The molecule has 0 aliphatic carbocycles. The zero-order valence-electron chi connectivity index (χ0n) is 13.2. The molecule has 1 aromatic rings. The van der Waals surface area contributed by atoms with Gasteiger partial charge in [0.25, 0.3) is 0 Å². The van der Waals surface area contributed by atoms with E-state index < -0.39 is 0 Å². The maximum absolute atomic E-state index is 7.00. The van der Waals surface area contributed by atoms with E-state index >= 15 is 0 Å². The molecule has 0 saturated carbocycles. The van der Waals surface area contributed by atoms with Crippen LogP contribution < -0.4 is 9.64 Å². The van der Waals surface area contributed by atoms with Crippen LogP contribution in [0.2, 0.25) is 0 Å². The molecule has 0 atom stereocenters. The van der Waals surface area contributed by atoms with Crippen molar-refractivity contribution in [1.29, 1.82) is 0 Å². The zero-order valence-corrected chi connectivity index (χ0v) is 13.2. The Morgan fingerprint density at radius 3 is 2.68 bits per heavy atom. The van der Waals surface area contributed by atoms with Gasteiger partial charge in [0.05, 0.1) is 0 Å². The van der Waals surface area contributed by atoms with Gasteiger partial charge in [0.2, 0.25) is 0 Å². The molecule has 3 aliphatic rings. The predicted molar refractivity (Wildman–Crippen MR) is 91.4 cm³/mol. The zero-order chi connectivity index (χ0) is 15.7. The van der Waals surface area contributed by atoms with Crippen molar-refractivity contribution in [1.82, 2.24) is 0 Å². The van der Waals surface area contributed by atoms with E-state index in [-0.39, 0.29) is 0 Å². The number of hydrogen-bond acceptors (Lipinski definition) is 3. The van der Waals surface area contributed by atoms with Crippen molar-refractivity contribution in [3.63, 3.8) is 0 Å². The number of hydrogen-bond donors (Lipinski definition) is 1. The van der Waals surface area contributed by atoms with Gasteiger partial charge in [-0.1, -0.05) is 19.2 Å². The minimum absolute atomic E-state index is 0.719. The number of ether oxygens (including phenoxy) is 1. The van der Waals surface area contributed by atoms with E-state index in [2.05, 4.69) is 30.2 Å². The van der Waals surface area contributed by atoms with E-state index in [1.54, 1.807) is 0 Å². The standard InChI is InChI=1S/C18H19NO.CH4O/c1-3-13-10-15-11-14-6-4-8-19-9-5-7-16(17(14)19)18(15)20-12(13)2;1-2/h3,10-11H,1-2,4-9H2;2H,1H3. The number of anilines is 1. The molecule has 3 nitrogen and oxygen atoms in total. The van der Waals surface area contributed by atoms with Gasteiger partial charge >= 0.3 is 0 Å². The molecule has 3 heterocycles. The lowest BCUT2D eigenvalue weighted by Gasteiger charge is -2.38. The van der Waals surface area contributed by atoms with Crippen molar-refractivity contribution in [2.24, 2.45) is 0 Å². The fraction of sp³-hybridized carbons (Fsp3) is 0.368. The molecule has 3 heteroatoms. The van der Waals surface area contributed by atoms with E-state index in [1.165, 1.54) is 54.7 Å². The summed E-state index contributed by atoms with van der Waals surface area (Å²) in [4.78, 5) is 2.54. The minimum Gasteiger partial charge on any atom is -0.456 e. The topological polar surface area (TPSA) is 32.7 Å². The van der Waals surface area contributed by atoms with Crippen LogP contribution in [0, 0.1) is 0 Å². The first-order valence-corrected chi connectivity index (χ1v) is 7.87. The average Bonchev–Trinajstić information content (AvgIpc) is 2.57. The molecule has 3 aliphatic heterocycles. The normalized spacial score (nSPS) is 18.2. The Hall–Kier alpha value is -2.00. The van der Waals surface area contributed by atoms with Crippen LogP contribution in [-0.2, 0) is 12.8 Å². The highest BCUT2D eigenvalue weighted by molar-refractivity contribution is 5.78. The van der Waals surface area contributed by atoms with Crippen LogP contribution in [0.15, 0.2) is 36.6 Å². The monoisotopic (exact) mass is 297 g/mol. The van der Waals surface area contributed by atoms with Crippen LogP contribution in [0.25, 0.3) is 6.08 Å². The number of aliphatic hydroxyl groups is 1. The van der Waals surface area contributed by atoms with Crippen LogP contribution >= 0.6 is 0 Å². The Balaban J connectivity index is 0.000000693. The Morgan fingerprint density at radius 2 is 1.95 bits per heavy atom. The van der Waals surface area contributed by atoms with Crippen molar-refractivity contribution < 1.29 is 9.84 Å². The highest BCUT2D eigenvalue weighted by atomic mass is 16.5. The molecule has 4 rings (SSSR count). The first-order chi connectivity index (χ1) is 10.8. The van der Waals surface area contributed by atoms with Gasteiger partial charge in [-0.15, -0.1) is 0 Å². The Labute approximate surface area is 132 Å². The summed E-state index contributed by atoms with van der Waals surface area (Å²) in [6.45, 7) is 10.2. The Bertz CT molecular complexity index is 656. The molecule has 0 radical (unpaired) electrons. The van der Waals surface area contributed by atoms with Crippen LogP contribution in [0.3, 0.4) is 0 Å². The Morgan fingerprint density at radius 1 is 1.23 bits per heavy atom. The summed E-state index contributed by atoms with van der Waals surface area (Å²) in [5.41, 5.74) is 6.52. The summed E-state index contributed by atoms with van der Waals surface area (Å²) in [6, 6.07) is 2.31. The molecule has 116 valence electrons. The van der Waals surface area contributed by atoms with Gasteiger partial charge in [-0.05, 0) is 43.4 Å². The molecule has 1 N–H and O–H groups in total. The van der Waals surface area contributed by atoms with Crippen molar-refractivity contribution in [3.05, 3.63) is 53.3 Å². The third-order valence-electron chi connectivity index (χ3n) is 4.58. The number of allylic oxidation sites excluding steroid dienone is 1. The maximum Gasteiger partial charge on any atom is 0.139 e. The van der Waals surface area contributed by atoms with Crippen LogP contribution in [0.4, 0.5) is 5.69 Å². The molecule has 1 aromatic carbocycles. The summed E-state index contributed by atoms with van der Waals surface area (Å²) in [7, 11) is 1.00. The molecule has 0 spiro atoms. The maximum atomic E-state index is 7.00. The molecule has 0 aromatic heterocycles. The van der Waals surface area contributed by atoms with E-state index in [0.29, 0.717) is 0 Å². The van der Waals surface area contributed by atoms with Crippen molar-refractivity contribution in [3.8, 4) is 5.75 Å². The van der Waals surface area contributed by atoms with Gasteiger partial charge in [-0.2, -0.15) is 0 Å². The molecular formula is C19H23NO2.